The van der Waals surface area contributed by atoms with Crippen LogP contribution in [0, 0.1) is 11.7 Å². The molecule has 2 heterocycles. The fourth-order valence-corrected chi connectivity index (χ4v) is 3.45. The van der Waals surface area contributed by atoms with E-state index >= 15 is 0 Å². The van der Waals surface area contributed by atoms with E-state index in [-0.39, 0.29) is 5.56 Å². The van der Waals surface area contributed by atoms with E-state index in [9.17, 15) is 13.6 Å². The van der Waals surface area contributed by atoms with E-state index in [0.717, 1.165) is 32.0 Å². The Balaban J connectivity index is 1.51. The van der Waals surface area contributed by atoms with Crippen molar-refractivity contribution < 1.29 is 23.4 Å². The highest BCUT2D eigenvalue weighted by atomic mass is 19.1. The number of alkyl halides is 1. The predicted molar refractivity (Wildman–Crippen MR) is 104 cm³/mol. The van der Waals surface area contributed by atoms with Gasteiger partial charge in [-0.15, -0.1) is 10.2 Å². The van der Waals surface area contributed by atoms with Crippen LogP contribution in [-0.4, -0.2) is 58.1 Å². The molecule has 1 N–H and O–H groups in total. The van der Waals surface area contributed by atoms with Crippen molar-refractivity contribution in [3.05, 3.63) is 41.7 Å². The molecule has 0 bridgehead atoms. The number of hydrogen-bond acceptors (Lipinski definition) is 5. The summed E-state index contributed by atoms with van der Waals surface area (Å²) < 4.78 is 33.3. The summed E-state index contributed by atoms with van der Waals surface area (Å²) in [6.07, 6.45) is 1.88. The van der Waals surface area contributed by atoms with Crippen molar-refractivity contribution in [2.75, 3.05) is 26.2 Å². The highest BCUT2D eigenvalue weighted by Gasteiger charge is 2.25. The summed E-state index contributed by atoms with van der Waals surface area (Å²) >= 11 is 0. The third-order valence-corrected chi connectivity index (χ3v) is 4.91. The van der Waals surface area contributed by atoms with Gasteiger partial charge in [-0.3, -0.25) is 0 Å². The molecule has 0 amide bonds. The van der Waals surface area contributed by atoms with Gasteiger partial charge in [0.15, 0.2) is 0 Å². The van der Waals surface area contributed by atoms with Crippen molar-refractivity contribution in [3.63, 3.8) is 0 Å². The Bertz CT molecular complexity index is 845. The van der Waals surface area contributed by atoms with Crippen LogP contribution in [0.5, 0.6) is 5.88 Å². The Morgan fingerprint density at radius 3 is 2.52 bits per heavy atom. The molecule has 0 aliphatic carbocycles. The first-order valence-corrected chi connectivity index (χ1v) is 9.62. The lowest BCUT2D eigenvalue weighted by Gasteiger charge is -2.34. The highest BCUT2D eigenvalue weighted by Crippen LogP contribution is 2.23. The van der Waals surface area contributed by atoms with Gasteiger partial charge >= 0.3 is 5.97 Å². The number of likely N-dealkylation sites (tertiary alicyclic amines) is 1. The molecule has 0 atom stereocenters. The first-order valence-electron chi connectivity index (χ1n) is 9.62. The topological polar surface area (TPSA) is 75.5 Å². The molecule has 156 valence electrons. The largest absolute Gasteiger partial charge is 0.478 e. The Kier molecular flexibility index (Phi) is 6.42. The molecule has 8 heteroatoms. The van der Waals surface area contributed by atoms with E-state index in [4.69, 9.17) is 9.84 Å². The predicted octanol–water partition coefficient (Wildman–Crippen LogP) is 3.82. The van der Waals surface area contributed by atoms with E-state index in [0.29, 0.717) is 36.2 Å². The summed E-state index contributed by atoms with van der Waals surface area (Å²) in [7, 11) is 0. The van der Waals surface area contributed by atoms with Gasteiger partial charge in [0, 0.05) is 18.2 Å². The Hall–Kier alpha value is -2.61. The number of aromatic nitrogens is 2. The number of aromatic carboxylic acids is 1. The summed E-state index contributed by atoms with van der Waals surface area (Å²) in [5.41, 5.74) is -0.704. The maximum atomic E-state index is 13.8. The van der Waals surface area contributed by atoms with Crippen molar-refractivity contribution >= 4 is 5.97 Å². The summed E-state index contributed by atoms with van der Waals surface area (Å²) in [4.78, 5) is 13.0. The van der Waals surface area contributed by atoms with Crippen molar-refractivity contribution in [2.45, 2.75) is 32.4 Å². The maximum Gasteiger partial charge on any atom is 0.338 e. The monoisotopic (exact) mass is 405 g/mol. The van der Waals surface area contributed by atoms with Crippen LogP contribution in [0.4, 0.5) is 8.78 Å². The quantitative estimate of drug-likeness (QED) is 0.755. The smallest absolute Gasteiger partial charge is 0.338 e. The third kappa shape index (κ3) is 5.93. The van der Waals surface area contributed by atoms with Gasteiger partial charge < -0.3 is 14.7 Å². The molecule has 6 nitrogen and oxygen atoms in total. The average Bonchev–Trinajstić information content (AvgIpc) is 2.66. The summed E-state index contributed by atoms with van der Waals surface area (Å²) in [6.45, 7) is 5.86. The molecule has 0 saturated carbocycles. The van der Waals surface area contributed by atoms with Crippen molar-refractivity contribution in [1.29, 1.82) is 0 Å². The first kappa shape index (κ1) is 21.1. The van der Waals surface area contributed by atoms with Crippen LogP contribution in [0.1, 0.15) is 37.0 Å². The van der Waals surface area contributed by atoms with Gasteiger partial charge in [-0.2, -0.15) is 0 Å². The van der Waals surface area contributed by atoms with E-state index in [1.165, 1.54) is 12.1 Å². The molecule has 2 aromatic rings. The second-order valence-electron chi connectivity index (χ2n) is 8.01. The summed E-state index contributed by atoms with van der Waals surface area (Å²) in [6, 6.07) is 7.13. The molecule has 1 aliphatic rings. The number of carboxylic acid groups (broad SMARTS) is 1. The highest BCUT2D eigenvalue weighted by molar-refractivity contribution is 5.88. The number of carboxylic acids is 1. The van der Waals surface area contributed by atoms with Crippen LogP contribution >= 0.6 is 0 Å². The molecule has 1 saturated heterocycles. The zero-order valence-corrected chi connectivity index (χ0v) is 16.6. The van der Waals surface area contributed by atoms with Crippen LogP contribution in [0.15, 0.2) is 30.3 Å². The number of carbonyl (C=O) groups is 1. The van der Waals surface area contributed by atoms with E-state index in [2.05, 4.69) is 15.1 Å². The maximum absolute atomic E-state index is 13.8. The van der Waals surface area contributed by atoms with E-state index in [1.807, 2.05) is 0 Å². The zero-order chi connectivity index (χ0) is 21.0. The van der Waals surface area contributed by atoms with Gasteiger partial charge in [-0.1, -0.05) is 6.07 Å². The minimum Gasteiger partial charge on any atom is -0.478 e. The molecule has 0 radical (unpaired) electrons. The van der Waals surface area contributed by atoms with Gasteiger partial charge in [0.2, 0.25) is 5.88 Å². The Morgan fingerprint density at radius 1 is 1.24 bits per heavy atom. The lowest BCUT2D eigenvalue weighted by molar-refractivity contribution is 0.0691. The van der Waals surface area contributed by atoms with Gasteiger partial charge in [0.05, 0.1) is 17.9 Å². The Labute approximate surface area is 168 Å². The third-order valence-electron chi connectivity index (χ3n) is 4.91. The van der Waals surface area contributed by atoms with Crippen LogP contribution in [0.2, 0.25) is 0 Å². The number of hydrogen-bond donors (Lipinski definition) is 1. The molecular weight excluding hydrogens is 380 g/mol. The molecule has 1 aliphatic heterocycles. The first-order chi connectivity index (χ1) is 13.7. The average molecular weight is 405 g/mol. The molecule has 1 aromatic carbocycles. The lowest BCUT2D eigenvalue weighted by atomic mass is 9.97. The molecule has 1 fully saturated rings. The van der Waals surface area contributed by atoms with Gasteiger partial charge in [-0.25, -0.2) is 13.6 Å². The van der Waals surface area contributed by atoms with Crippen molar-refractivity contribution in [1.82, 2.24) is 15.1 Å². The van der Waals surface area contributed by atoms with Crippen molar-refractivity contribution in [2.24, 2.45) is 5.92 Å². The number of nitrogens with zero attached hydrogens (tertiary/aromatic N) is 3. The van der Waals surface area contributed by atoms with Crippen molar-refractivity contribution in [3.8, 4) is 17.1 Å². The number of piperidine rings is 1. The second-order valence-corrected chi connectivity index (χ2v) is 8.01. The van der Waals surface area contributed by atoms with Gasteiger partial charge in [0.25, 0.3) is 0 Å². The molecular formula is C21H25F2N3O3. The number of ether oxygens (including phenoxy) is 1. The van der Waals surface area contributed by atoms with Crippen LogP contribution in [0.3, 0.4) is 0 Å². The number of benzene rings is 1. The summed E-state index contributed by atoms with van der Waals surface area (Å²) in [5, 5.41) is 17.0. The van der Waals surface area contributed by atoms with Gasteiger partial charge in [-0.05, 0) is 63.9 Å². The minimum atomic E-state index is -1.32. The molecule has 1 aromatic heterocycles. The fraction of sp³-hybridized carbons (Fsp3) is 0.476. The number of halogens is 2. The van der Waals surface area contributed by atoms with Crippen LogP contribution in [0.25, 0.3) is 11.3 Å². The van der Waals surface area contributed by atoms with Crippen LogP contribution < -0.4 is 4.74 Å². The van der Waals surface area contributed by atoms with E-state index in [1.54, 1.807) is 26.0 Å². The molecule has 29 heavy (non-hydrogen) atoms. The van der Waals surface area contributed by atoms with E-state index < -0.39 is 17.5 Å². The lowest BCUT2D eigenvalue weighted by Crippen LogP contribution is -2.41. The SMILES string of the molecule is CC(C)(F)CN1CCC(COc2ccc(-c3ccc(C(=O)O)c(F)c3)nn2)CC1. The van der Waals surface area contributed by atoms with Gasteiger partial charge in [0.1, 0.15) is 11.5 Å². The zero-order valence-electron chi connectivity index (χ0n) is 16.6. The minimum absolute atomic E-state index is 0.378. The second kappa shape index (κ2) is 8.82. The number of rotatable bonds is 7. The Morgan fingerprint density at radius 2 is 1.97 bits per heavy atom. The molecule has 0 unspecified atom stereocenters. The normalized spacial score (nSPS) is 16.0. The van der Waals surface area contributed by atoms with Crippen LogP contribution in [-0.2, 0) is 0 Å². The standard InChI is InChI=1S/C21H25F2N3O3/c1-21(2,23)13-26-9-7-14(8-10-26)12-29-19-6-5-18(24-25-19)15-3-4-16(20(27)28)17(22)11-15/h3-6,11,14H,7-10,12-13H2,1-2H3,(H,27,28). The fourth-order valence-electron chi connectivity index (χ4n) is 3.45. The summed E-state index contributed by atoms with van der Waals surface area (Å²) in [5.74, 6) is -1.38. The molecule has 0 spiro atoms. The molecule has 3 rings (SSSR count).